The minimum Gasteiger partial charge on any atom is -0.491 e. The minimum absolute atomic E-state index is 0.160. The SMILES string of the molecule is Cn1ccnc1[C@@H](NC(=O)c1ccc(OC[C@H]2CCCO2)cc1)c1ccccc1. The van der Waals surface area contributed by atoms with Crippen molar-refractivity contribution in [2.45, 2.75) is 25.0 Å². The molecule has 6 heteroatoms. The summed E-state index contributed by atoms with van der Waals surface area (Å²) in [5.41, 5.74) is 1.55. The van der Waals surface area contributed by atoms with Crippen molar-refractivity contribution in [1.29, 1.82) is 0 Å². The van der Waals surface area contributed by atoms with E-state index < -0.39 is 0 Å². The number of nitrogens with one attached hydrogen (secondary N) is 1. The van der Waals surface area contributed by atoms with Gasteiger partial charge in [0.05, 0.1) is 6.10 Å². The van der Waals surface area contributed by atoms with E-state index in [0.29, 0.717) is 12.2 Å². The van der Waals surface area contributed by atoms with Crippen LogP contribution in [0.25, 0.3) is 0 Å². The van der Waals surface area contributed by atoms with Gasteiger partial charge in [-0.2, -0.15) is 0 Å². The van der Waals surface area contributed by atoms with Crippen molar-refractivity contribution < 1.29 is 14.3 Å². The number of aryl methyl sites for hydroxylation is 1. The van der Waals surface area contributed by atoms with Gasteiger partial charge in [0.2, 0.25) is 0 Å². The van der Waals surface area contributed by atoms with Crippen LogP contribution in [0.1, 0.15) is 40.6 Å². The molecule has 6 nitrogen and oxygen atoms in total. The number of rotatable bonds is 7. The summed E-state index contributed by atoms with van der Waals surface area (Å²) in [7, 11) is 1.92. The largest absolute Gasteiger partial charge is 0.491 e. The molecule has 2 atom stereocenters. The van der Waals surface area contributed by atoms with Crippen molar-refractivity contribution in [3.8, 4) is 5.75 Å². The molecule has 150 valence electrons. The van der Waals surface area contributed by atoms with Crippen LogP contribution in [0.2, 0.25) is 0 Å². The summed E-state index contributed by atoms with van der Waals surface area (Å²) in [5.74, 6) is 1.36. The first-order chi connectivity index (χ1) is 14.2. The normalized spacial score (nSPS) is 17.1. The molecule has 1 N–H and O–H groups in total. The van der Waals surface area contributed by atoms with E-state index in [4.69, 9.17) is 9.47 Å². The average molecular weight is 391 g/mol. The number of amides is 1. The van der Waals surface area contributed by atoms with Crippen LogP contribution in [-0.2, 0) is 11.8 Å². The second kappa shape index (κ2) is 8.92. The highest BCUT2D eigenvalue weighted by molar-refractivity contribution is 5.94. The number of hydrogen-bond acceptors (Lipinski definition) is 4. The Morgan fingerprint density at radius 2 is 2.03 bits per heavy atom. The zero-order chi connectivity index (χ0) is 20.1. The minimum atomic E-state index is -0.334. The first-order valence-corrected chi connectivity index (χ1v) is 9.88. The van der Waals surface area contributed by atoms with E-state index in [1.165, 1.54) is 0 Å². The lowest BCUT2D eigenvalue weighted by atomic mass is 10.1. The molecule has 3 aromatic rings. The molecule has 0 radical (unpaired) electrons. The zero-order valence-corrected chi connectivity index (χ0v) is 16.5. The van der Waals surface area contributed by atoms with Gasteiger partial charge in [0, 0.05) is 31.6 Å². The Balaban J connectivity index is 1.45. The van der Waals surface area contributed by atoms with Crippen LogP contribution in [0.3, 0.4) is 0 Å². The lowest BCUT2D eigenvalue weighted by Crippen LogP contribution is -2.31. The van der Waals surface area contributed by atoms with Crippen LogP contribution in [0, 0.1) is 0 Å². The maximum absolute atomic E-state index is 12.9. The Hall–Kier alpha value is -3.12. The Kier molecular flexibility index (Phi) is 5.91. The van der Waals surface area contributed by atoms with Crippen LogP contribution in [-0.4, -0.2) is 34.8 Å². The van der Waals surface area contributed by atoms with E-state index in [2.05, 4.69) is 10.3 Å². The van der Waals surface area contributed by atoms with Gasteiger partial charge in [-0.15, -0.1) is 0 Å². The van der Waals surface area contributed by atoms with Gasteiger partial charge in [0.25, 0.3) is 5.91 Å². The van der Waals surface area contributed by atoms with Crippen molar-refractivity contribution in [3.63, 3.8) is 0 Å². The van der Waals surface area contributed by atoms with E-state index in [-0.39, 0.29) is 18.1 Å². The van der Waals surface area contributed by atoms with Gasteiger partial charge in [-0.05, 0) is 42.7 Å². The van der Waals surface area contributed by atoms with E-state index in [1.807, 2.05) is 60.3 Å². The summed E-state index contributed by atoms with van der Waals surface area (Å²) in [6.07, 6.45) is 5.90. The van der Waals surface area contributed by atoms with Crippen molar-refractivity contribution in [3.05, 3.63) is 83.9 Å². The van der Waals surface area contributed by atoms with Gasteiger partial charge in [-0.25, -0.2) is 4.98 Å². The standard InChI is InChI=1S/C23H25N3O3/c1-26-14-13-24-22(26)21(17-6-3-2-4-7-17)25-23(27)18-9-11-19(12-10-18)29-16-20-8-5-15-28-20/h2-4,6-7,9-14,20-21H,5,8,15-16H2,1H3,(H,25,27)/t20-,21+/m1/s1. The van der Waals surface area contributed by atoms with Crippen LogP contribution < -0.4 is 10.1 Å². The molecular formula is C23H25N3O3. The third-order valence-electron chi connectivity index (χ3n) is 5.10. The molecule has 1 amide bonds. The van der Waals surface area contributed by atoms with Gasteiger partial charge in [-0.1, -0.05) is 30.3 Å². The number of hydrogen-bond donors (Lipinski definition) is 1. The van der Waals surface area contributed by atoms with Gasteiger partial charge in [0.1, 0.15) is 24.2 Å². The van der Waals surface area contributed by atoms with Crippen molar-refractivity contribution in [1.82, 2.24) is 14.9 Å². The molecule has 2 aromatic carbocycles. The molecule has 0 unspecified atom stereocenters. The molecule has 1 aliphatic rings. The lowest BCUT2D eigenvalue weighted by molar-refractivity contribution is 0.0679. The van der Waals surface area contributed by atoms with Gasteiger partial charge < -0.3 is 19.4 Å². The summed E-state index contributed by atoms with van der Waals surface area (Å²) in [6.45, 7) is 1.35. The fraction of sp³-hybridized carbons (Fsp3) is 0.304. The summed E-state index contributed by atoms with van der Waals surface area (Å²) in [6, 6.07) is 16.7. The molecule has 0 bridgehead atoms. The molecule has 0 aliphatic carbocycles. The first-order valence-electron chi connectivity index (χ1n) is 9.88. The third-order valence-corrected chi connectivity index (χ3v) is 5.10. The smallest absolute Gasteiger partial charge is 0.252 e. The Morgan fingerprint density at radius 3 is 2.69 bits per heavy atom. The van der Waals surface area contributed by atoms with Crippen molar-refractivity contribution >= 4 is 5.91 Å². The molecule has 1 aliphatic heterocycles. The highest BCUT2D eigenvalue weighted by Gasteiger charge is 2.21. The molecule has 1 fully saturated rings. The molecule has 1 aromatic heterocycles. The summed E-state index contributed by atoms with van der Waals surface area (Å²) in [5, 5.41) is 3.11. The second-order valence-corrected chi connectivity index (χ2v) is 7.18. The highest BCUT2D eigenvalue weighted by Crippen LogP contribution is 2.22. The zero-order valence-electron chi connectivity index (χ0n) is 16.5. The Bertz CT molecular complexity index is 932. The van der Waals surface area contributed by atoms with E-state index in [0.717, 1.165) is 36.6 Å². The molecule has 2 heterocycles. The number of benzene rings is 2. The molecule has 0 saturated carbocycles. The first kappa shape index (κ1) is 19.2. The number of imidazole rings is 1. The lowest BCUT2D eigenvalue weighted by Gasteiger charge is -2.19. The number of nitrogens with zero attached hydrogens (tertiary/aromatic N) is 2. The maximum atomic E-state index is 12.9. The highest BCUT2D eigenvalue weighted by atomic mass is 16.5. The van der Waals surface area contributed by atoms with Crippen LogP contribution >= 0.6 is 0 Å². The number of carbonyl (C=O) groups is 1. The maximum Gasteiger partial charge on any atom is 0.252 e. The molecule has 4 rings (SSSR count). The topological polar surface area (TPSA) is 65.4 Å². The van der Waals surface area contributed by atoms with E-state index >= 15 is 0 Å². The predicted octanol–water partition coefficient (Wildman–Crippen LogP) is 3.50. The second-order valence-electron chi connectivity index (χ2n) is 7.18. The van der Waals surface area contributed by atoms with Crippen LogP contribution in [0.4, 0.5) is 0 Å². The quantitative estimate of drug-likeness (QED) is 0.670. The molecule has 29 heavy (non-hydrogen) atoms. The summed E-state index contributed by atoms with van der Waals surface area (Å²) < 4.78 is 13.3. The monoisotopic (exact) mass is 391 g/mol. The van der Waals surface area contributed by atoms with Gasteiger partial charge in [0.15, 0.2) is 0 Å². The fourth-order valence-corrected chi connectivity index (χ4v) is 3.48. The number of aromatic nitrogens is 2. The van der Waals surface area contributed by atoms with E-state index in [9.17, 15) is 4.79 Å². The van der Waals surface area contributed by atoms with Crippen molar-refractivity contribution in [2.24, 2.45) is 7.05 Å². The Morgan fingerprint density at radius 1 is 1.24 bits per heavy atom. The Labute approximate surface area is 170 Å². The number of carbonyl (C=O) groups excluding carboxylic acids is 1. The van der Waals surface area contributed by atoms with Crippen LogP contribution in [0.15, 0.2) is 67.0 Å². The number of ether oxygens (including phenoxy) is 2. The molecule has 1 saturated heterocycles. The molecular weight excluding hydrogens is 366 g/mol. The summed E-state index contributed by atoms with van der Waals surface area (Å²) >= 11 is 0. The third kappa shape index (κ3) is 4.66. The average Bonchev–Trinajstić information content (AvgIpc) is 3.43. The van der Waals surface area contributed by atoms with Crippen molar-refractivity contribution in [2.75, 3.05) is 13.2 Å². The van der Waals surface area contributed by atoms with E-state index in [1.54, 1.807) is 18.3 Å². The molecule has 0 spiro atoms. The van der Waals surface area contributed by atoms with Crippen LogP contribution in [0.5, 0.6) is 5.75 Å². The summed E-state index contributed by atoms with van der Waals surface area (Å²) in [4.78, 5) is 17.3. The predicted molar refractivity (Wildman–Crippen MR) is 110 cm³/mol. The van der Waals surface area contributed by atoms with Gasteiger partial charge in [-0.3, -0.25) is 4.79 Å². The van der Waals surface area contributed by atoms with Gasteiger partial charge >= 0.3 is 0 Å². The fourth-order valence-electron chi connectivity index (χ4n) is 3.48.